The Balaban J connectivity index is 1.16. The Labute approximate surface area is 297 Å². The number of rotatable bonds is 3. The molecule has 51 heavy (non-hydrogen) atoms. The number of aliphatic imine (C=N–C) groups is 2. The van der Waals surface area contributed by atoms with Crippen molar-refractivity contribution in [1.82, 2.24) is 14.5 Å². The molecule has 6 heteroatoms. The van der Waals surface area contributed by atoms with Gasteiger partial charge in [-0.2, -0.15) is 0 Å². The summed E-state index contributed by atoms with van der Waals surface area (Å²) in [4.78, 5) is 10.7. The quantitative estimate of drug-likeness (QED) is 0.200. The molecule has 5 nitrogen and oxygen atoms in total. The smallest absolute Gasteiger partial charge is 0.211 e. The van der Waals surface area contributed by atoms with Crippen LogP contribution in [-0.4, -0.2) is 20.9 Å². The van der Waals surface area contributed by atoms with Crippen molar-refractivity contribution in [2.75, 3.05) is 0 Å². The maximum absolute atomic E-state index is 5.45. The van der Waals surface area contributed by atoms with E-state index in [0.29, 0.717) is 0 Å². The number of thiophene rings is 1. The van der Waals surface area contributed by atoms with Gasteiger partial charge in [0.05, 0.1) is 26.8 Å². The van der Waals surface area contributed by atoms with Crippen LogP contribution in [0.4, 0.5) is 0 Å². The van der Waals surface area contributed by atoms with E-state index in [4.69, 9.17) is 9.98 Å². The lowest BCUT2D eigenvalue weighted by Gasteiger charge is -2.24. The van der Waals surface area contributed by atoms with Gasteiger partial charge in [-0.05, 0) is 36.4 Å². The molecule has 1 aliphatic rings. The third kappa shape index (κ3) is 4.27. The zero-order valence-electron chi connectivity index (χ0n) is 27.4. The average Bonchev–Trinajstić information content (AvgIpc) is 3.86. The van der Waals surface area contributed by atoms with Gasteiger partial charge in [0.1, 0.15) is 5.84 Å². The Morgan fingerprint density at radius 3 is 1.84 bits per heavy atom. The van der Waals surface area contributed by atoms with E-state index in [-0.39, 0.29) is 0 Å². The molecule has 0 aliphatic carbocycles. The van der Waals surface area contributed by atoms with E-state index in [1.54, 1.807) is 0 Å². The Bertz CT molecular complexity index is 3020. The molecule has 1 N–H and O–H groups in total. The van der Waals surface area contributed by atoms with E-state index in [1.807, 2.05) is 17.4 Å². The SMILES string of the molecule is c1ccc(C2=NC(c3cccc(-n4c5ccccc5c5ccccc54)c3)N=C(n3c4ccccc4c4ccc5c6ccccc6sc5c43)N2)cc1. The molecule has 0 saturated heterocycles. The highest BCUT2D eigenvalue weighted by atomic mass is 32.1. The van der Waals surface area contributed by atoms with Gasteiger partial charge in [-0.25, -0.2) is 9.98 Å². The summed E-state index contributed by atoms with van der Waals surface area (Å²) in [6.45, 7) is 0. The predicted octanol–water partition coefficient (Wildman–Crippen LogP) is 11.2. The molecule has 1 aliphatic heterocycles. The Kier molecular flexibility index (Phi) is 6.12. The van der Waals surface area contributed by atoms with E-state index < -0.39 is 6.17 Å². The number of amidine groups is 1. The van der Waals surface area contributed by atoms with E-state index in [2.05, 4.69) is 172 Å². The van der Waals surface area contributed by atoms with E-state index >= 15 is 0 Å². The molecular weight excluding hydrogens is 643 g/mol. The van der Waals surface area contributed by atoms with Crippen molar-refractivity contribution >= 4 is 86.9 Å². The minimum Gasteiger partial charge on any atom is -0.310 e. The van der Waals surface area contributed by atoms with Crippen molar-refractivity contribution in [2.24, 2.45) is 9.98 Å². The molecule has 0 saturated carbocycles. The average molecular weight is 672 g/mol. The zero-order chi connectivity index (χ0) is 33.5. The fourth-order valence-electron chi connectivity index (χ4n) is 7.92. The Morgan fingerprint density at radius 2 is 1.10 bits per heavy atom. The maximum atomic E-state index is 5.45. The molecule has 0 fully saturated rings. The van der Waals surface area contributed by atoms with Gasteiger partial charge in [-0.15, -0.1) is 11.3 Å². The van der Waals surface area contributed by atoms with Gasteiger partial charge in [0.25, 0.3) is 0 Å². The van der Waals surface area contributed by atoms with Crippen LogP contribution in [0.5, 0.6) is 0 Å². The van der Waals surface area contributed by atoms with Crippen molar-refractivity contribution in [3.63, 3.8) is 0 Å². The molecule has 3 aromatic heterocycles. The highest BCUT2D eigenvalue weighted by Gasteiger charge is 2.26. The van der Waals surface area contributed by atoms with Gasteiger partial charge in [-0.3, -0.25) is 4.57 Å². The van der Waals surface area contributed by atoms with E-state index in [0.717, 1.165) is 39.6 Å². The van der Waals surface area contributed by atoms with Gasteiger partial charge in [-0.1, -0.05) is 127 Å². The number of para-hydroxylation sites is 3. The lowest BCUT2D eigenvalue weighted by molar-refractivity contribution is 0.744. The Hall–Kier alpha value is -6.50. The number of benzene rings is 7. The van der Waals surface area contributed by atoms with Crippen molar-refractivity contribution in [2.45, 2.75) is 6.17 Å². The van der Waals surface area contributed by atoms with Crippen LogP contribution < -0.4 is 5.32 Å². The summed E-state index contributed by atoms with van der Waals surface area (Å²) < 4.78 is 7.21. The largest absolute Gasteiger partial charge is 0.310 e. The van der Waals surface area contributed by atoms with Crippen LogP contribution >= 0.6 is 11.3 Å². The molecule has 0 spiro atoms. The number of nitrogens with zero attached hydrogens (tertiary/aromatic N) is 4. The third-order valence-corrected chi connectivity index (χ3v) is 11.4. The molecule has 7 aromatic carbocycles. The molecule has 0 amide bonds. The van der Waals surface area contributed by atoms with Crippen LogP contribution in [0.3, 0.4) is 0 Å². The third-order valence-electron chi connectivity index (χ3n) is 10.2. The van der Waals surface area contributed by atoms with Crippen LogP contribution in [0.15, 0.2) is 174 Å². The summed E-state index contributed by atoms with van der Waals surface area (Å²) in [5.41, 5.74) is 7.74. The minimum absolute atomic E-state index is 0.470. The van der Waals surface area contributed by atoms with E-state index in [9.17, 15) is 0 Å². The number of fused-ring (bicyclic) bond motifs is 10. The van der Waals surface area contributed by atoms with Crippen LogP contribution in [-0.2, 0) is 0 Å². The van der Waals surface area contributed by atoms with Crippen LogP contribution in [0.25, 0.3) is 69.5 Å². The lowest BCUT2D eigenvalue weighted by Crippen LogP contribution is -2.39. The number of hydrogen-bond donors (Lipinski definition) is 1. The van der Waals surface area contributed by atoms with Crippen molar-refractivity contribution < 1.29 is 0 Å². The first-order valence-corrected chi connectivity index (χ1v) is 18.0. The summed E-state index contributed by atoms with van der Waals surface area (Å²) >= 11 is 1.84. The normalized spacial score (nSPS) is 14.9. The summed E-state index contributed by atoms with van der Waals surface area (Å²) in [5.74, 6) is 1.55. The number of nitrogens with one attached hydrogen (secondary N) is 1. The topological polar surface area (TPSA) is 46.6 Å². The second-order valence-corrected chi connectivity index (χ2v) is 14.1. The molecule has 10 aromatic rings. The summed E-state index contributed by atoms with van der Waals surface area (Å²) in [6, 6.07) is 58.2. The minimum atomic E-state index is -0.470. The monoisotopic (exact) mass is 671 g/mol. The summed E-state index contributed by atoms with van der Waals surface area (Å²) in [6.07, 6.45) is -0.470. The van der Waals surface area contributed by atoms with Crippen LogP contribution in [0.2, 0.25) is 0 Å². The summed E-state index contributed by atoms with van der Waals surface area (Å²) in [5, 5.41) is 11.1. The number of hydrogen-bond acceptors (Lipinski definition) is 4. The highest BCUT2D eigenvalue weighted by Crippen LogP contribution is 2.42. The molecule has 0 radical (unpaired) electrons. The van der Waals surface area contributed by atoms with E-state index in [1.165, 1.54) is 52.8 Å². The standard InChI is InChI=1S/C45H29N5S/c1-2-13-28(14-3-1)43-46-44(29-15-12-16-30(27-29)49-37-21-8-4-17-31(37)32-18-5-9-22-38(32)49)48-45(47-43)50-39-23-10-6-19-33(39)35-25-26-36-34-20-7-11-24-40(34)51-42(36)41(35)50/h1-27,44H,(H,46,47,48). The first-order valence-electron chi connectivity index (χ1n) is 17.2. The second kappa shape index (κ2) is 11.0. The van der Waals surface area contributed by atoms with Gasteiger partial charge in [0.15, 0.2) is 6.17 Å². The highest BCUT2D eigenvalue weighted by molar-refractivity contribution is 7.26. The van der Waals surface area contributed by atoms with Gasteiger partial charge in [0, 0.05) is 53.8 Å². The fraction of sp³-hybridized carbons (Fsp3) is 0.0222. The molecule has 4 heterocycles. The first kappa shape index (κ1) is 28.3. The van der Waals surface area contributed by atoms with Gasteiger partial charge in [0.2, 0.25) is 5.96 Å². The fourth-order valence-corrected chi connectivity index (χ4v) is 9.16. The molecule has 0 bridgehead atoms. The summed E-state index contributed by atoms with van der Waals surface area (Å²) in [7, 11) is 0. The first-order chi connectivity index (χ1) is 25.3. The maximum Gasteiger partial charge on any atom is 0.211 e. The van der Waals surface area contributed by atoms with Gasteiger partial charge < -0.3 is 9.88 Å². The second-order valence-electron chi connectivity index (χ2n) is 13.0. The predicted molar refractivity (Wildman–Crippen MR) is 215 cm³/mol. The molecular formula is C45H29N5S. The lowest BCUT2D eigenvalue weighted by atomic mass is 10.1. The van der Waals surface area contributed by atoms with Crippen molar-refractivity contribution in [3.05, 3.63) is 175 Å². The molecule has 240 valence electrons. The van der Waals surface area contributed by atoms with Crippen molar-refractivity contribution in [1.29, 1.82) is 0 Å². The molecule has 1 unspecified atom stereocenters. The van der Waals surface area contributed by atoms with Crippen molar-refractivity contribution in [3.8, 4) is 5.69 Å². The van der Waals surface area contributed by atoms with Gasteiger partial charge >= 0.3 is 0 Å². The molecule has 1 atom stereocenters. The number of aromatic nitrogens is 2. The Morgan fingerprint density at radius 1 is 0.490 bits per heavy atom. The van der Waals surface area contributed by atoms with Crippen LogP contribution in [0.1, 0.15) is 17.3 Å². The zero-order valence-corrected chi connectivity index (χ0v) is 28.2. The van der Waals surface area contributed by atoms with Crippen LogP contribution in [0, 0.1) is 0 Å². The molecule has 11 rings (SSSR count).